The van der Waals surface area contributed by atoms with Gasteiger partial charge in [-0.05, 0) is 55.7 Å². The Morgan fingerprint density at radius 1 is 1.39 bits per heavy atom. The summed E-state index contributed by atoms with van der Waals surface area (Å²) in [6, 6.07) is 8.41. The van der Waals surface area contributed by atoms with E-state index in [0.717, 1.165) is 24.6 Å². The monoisotopic (exact) mass is 314 g/mol. The lowest BCUT2D eigenvalue weighted by Gasteiger charge is -2.34. The quantitative estimate of drug-likeness (QED) is 0.884. The number of benzene rings is 1. The average molecular weight is 314 g/mol. The summed E-state index contributed by atoms with van der Waals surface area (Å²) in [5.74, 6) is 1.44. The predicted octanol–water partition coefficient (Wildman–Crippen LogP) is 2.03. The summed E-state index contributed by atoms with van der Waals surface area (Å²) < 4.78 is 0. The number of piperidine rings is 1. The molecule has 1 atom stereocenters. The first-order valence-electron chi connectivity index (χ1n) is 8.48. The maximum atomic E-state index is 4.05. The van der Waals surface area contributed by atoms with Crippen LogP contribution in [0.3, 0.4) is 0 Å². The number of rotatable bonds is 6. The van der Waals surface area contributed by atoms with Crippen molar-refractivity contribution >= 4 is 0 Å². The van der Waals surface area contributed by atoms with Gasteiger partial charge in [0.1, 0.15) is 0 Å². The van der Waals surface area contributed by atoms with Crippen molar-refractivity contribution in [2.45, 2.75) is 26.3 Å². The van der Waals surface area contributed by atoms with Crippen molar-refractivity contribution in [1.29, 1.82) is 0 Å². The molecule has 1 aliphatic rings. The largest absolute Gasteiger partial charge is 0.303 e. The van der Waals surface area contributed by atoms with E-state index in [9.17, 15) is 0 Å². The Bertz CT molecular complexity index is 597. The highest BCUT2D eigenvalue weighted by Gasteiger charge is 2.20. The third-order valence-corrected chi connectivity index (χ3v) is 4.60. The number of likely N-dealkylation sites (tertiary alicyclic amines) is 1. The molecule has 23 heavy (non-hydrogen) atoms. The molecular formula is C17H26N6. The Labute approximate surface area is 137 Å². The van der Waals surface area contributed by atoms with Gasteiger partial charge in [-0.1, -0.05) is 25.1 Å². The summed E-state index contributed by atoms with van der Waals surface area (Å²) in [5, 5.41) is 14.2. The molecule has 2 aromatic rings. The van der Waals surface area contributed by atoms with E-state index in [1.54, 1.807) is 0 Å². The van der Waals surface area contributed by atoms with Crippen LogP contribution >= 0.6 is 0 Å². The summed E-state index contributed by atoms with van der Waals surface area (Å²) in [6.07, 6.45) is 2.68. The number of aromatic amines is 1. The number of H-pyrrole nitrogens is 1. The van der Waals surface area contributed by atoms with Crippen LogP contribution in [-0.4, -0.2) is 63.7 Å². The van der Waals surface area contributed by atoms with Crippen LogP contribution in [-0.2, 0) is 6.54 Å². The number of aromatic nitrogens is 4. The molecule has 6 nitrogen and oxygen atoms in total. The second kappa shape index (κ2) is 7.66. The molecule has 0 saturated carbocycles. The number of tetrazole rings is 1. The van der Waals surface area contributed by atoms with Crippen LogP contribution in [0.15, 0.2) is 24.3 Å². The smallest absolute Gasteiger partial charge is 0.204 e. The molecule has 2 heterocycles. The number of hydrogen-bond acceptors (Lipinski definition) is 5. The average Bonchev–Trinajstić information content (AvgIpc) is 3.09. The van der Waals surface area contributed by atoms with Gasteiger partial charge in [0.25, 0.3) is 0 Å². The highest BCUT2D eigenvalue weighted by molar-refractivity contribution is 5.54. The molecule has 0 radical (unpaired) electrons. The van der Waals surface area contributed by atoms with Crippen LogP contribution in [0.1, 0.15) is 25.3 Å². The summed E-state index contributed by atoms with van der Waals surface area (Å²) in [5.41, 5.74) is 2.30. The molecule has 0 aliphatic carbocycles. The van der Waals surface area contributed by atoms with Gasteiger partial charge in [-0.3, -0.25) is 0 Å². The van der Waals surface area contributed by atoms with Crippen molar-refractivity contribution in [2.24, 2.45) is 5.92 Å². The van der Waals surface area contributed by atoms with Crippen LogP contribution in [0, 0.1) is 5.92 Å². The normalized spacial score (nSPS) is 19.3. The van der Waals surface area contributed by atoms with Crippen molar-refractivity contribution in [3.05, 3.63) is 29.8 Å². The minimum atomic E-state index is 0.653. The Balaban J connectivity index is 1.57. The molecule has 0 bridgehead atoms. The topological polar surface area (TPSA) is 60.9 Å². The van der Waals surface area contributed by atoms with E-state index in [-0.39, 0.29) is 0 Å². The molecule has 3 rings (SSSR count). The fourth-order valence-corrected chi connectivity index (χ4v) is 3.50. The van der Waals surface area contributed by atoms with E-state index in [1.165, 1.54) is 38.0 Å². The van der Waals surface area contributed by atoms with E-state index in [4.69, 9.17) is 0 Å². The maximum Gasteiger partial charge on any atom is 0.204 e. The van der Waals surface area contributed by atoms with Crippen molar-refractivity contribution < 1.29 is 0 Å². The Kier molecular flexibility index (Phi) is 5.35. The summed E-state index contributed by atoms with van der Waals surface area (Å²) in [7, 11) is 2.21. The highest BCUT2D eigenvalue weighted by Crippen LogP contribution is 2.19. The van der Waals surface area contributed by atoms with E-state index in [2.05, 4.69) is 62.6 Å². The zero-order chi connectivity index (χ0) is 16.1. The van der Waals surface area contributed by atoms with Crippen molar-refractivity contribution in [1.82, 2.24) is 30.4 Å². The summed E-state index contributed by atoms with van der Waals surface area (Å²) in [6.45, 7) is 8.05. The molecule has 1 aromatic heterocycles. The Hall–Kier alpha value is -1.79. The van der Waals surface area contributed by atoms with Crippen LogP contribution < -0.4 is 0 Å². The molecule has 124 valence electrons. The van der Waals surface area contributed by atoms with Crippen molar-refractivity contribution in [3.63, 3.8) is 0 Å². The Morgan fingerprint density at radius 2 is 2.30 bits per heavy atom. The lowest BCUT2D eigenvalue weighted by Crippen LogP contribution is -2.39. The van der Waals surface area contributed by atoms with E-state index >= 15 is 0 Å². The molecule has 1 saturated heterocycles. The molecule has 1 unspecified atom stereocenters. The van der Waals surface area contributed by atoms with Gasteiger partial charge in [0.15, 0.2) is 0 Å². The lowest BCUT2D eigenvalue weighted by molar-refractivity contribution is 0.146. The van der Waals surface area contributed by atoms with Gasteiger partial charge in [-0.15, -0.1) is 10.2 Å². The van der Waals surface area contributed by atoms with E-state index in [1.807, 2.05) is 6.07 Å². The van der Waals surface area contributed by atoms with Crippen molar-refractivity contribution in [2.75, 3.05) is 33.2 Å². The molecule has 0 amide bonds. The van der Waals surface area contributed by atoms with Crippen LogP contribution in [0.4, 0.5) is 0 Å². The minimum absolute atomic E-state index is 0.653. The first-order valence-corrected chi connectivity index (χ1v) is 8.48. The van der Waals surface area contributed by atoms with Crippen LogP contribution in [0.2, 0.25) is 0 Å². The number of nitrogens with zero attached hydrogens (tertiary/aromatic N) is 5. The van der Waals surface area contributed by atoms with Crippen LogP contribution in [0.25, 0.3) is 11.4 Å². The fraction of sp³-hybridized carbons (Fsp3) is 0.588. The molecule has 0 spiro atoms. The number of hydrogen-bond donors (Lipinski definition) is 1. The van der Waals surface area contributed by atoms with Gasteiger partial charge >= 0.3 is 0 Å². The van der Waals surface area contributed by atoms with Gasteiger partial charge in [-0.2, -0.15) is 5.21 Å². The van der Waals surface area contributed by atoms with Crippen molar-refractivity contribution in [3.8, 4) is 11.4 Å². The van der Waals surface area contributed by atoms with E-state index < -0.39 is 0 Å². The lowest BCUT2D eigenvalue weighted by atomic mass is 9.97. The first kappa shape index (κ1) is 16.1. The first-order chi connectivity index (χ1) is 11.2. The third kappa shape index (κ3) is 4.36. The Morgan fingerprint density at radius 3 is 3.09 bits per heavy atom. The molecule has 1 fully saturated rings. The fourth-order valence-electron chi connectivity index (χ4n) is 3.50. The number of nitrogens with one attached hydrogen (secondary N) is 1. The molecule has 1 N–H and O–H groups in total. The van der Waals surface area contributed by atoms with Gasteiger partial charge in [0.2, 0.25) is 5.82 Å². The highest BCUT2D eigenvalue weighted by atomic mass is 15.5. The second-order valence-electron chi connectivity index (χ2n) is 6.53. The summed E-state index contributed by atoms with van der Waals surface area (Å²) >= 11 is 0. The summed E-state index contributed by atoms with van der Waals surface area (Å²) in [4.78, 5) is 5.00. The SMILES string of the molecule is CCN1CCCC(CN(C)Cc2cccc(-c3nn[nH]n3)c2)C1. The predicted molar refractivity (Wildman–Crippen MR) is 90.8 cm³/mol. The van der Waals surface area contributed by atoms with Crippen LogP contribution in [0.5, 0.6) is 0 Å². The standard InChI is InChI=1S/C17H26N6/c1-3-23-9-5-7-15(13-23)12-22(2)11-14-6-4-8-16(10-14)17-18-20-21-19-17/h4,6,8,10,15H,3,5,7,9,11-13H2,1-2H3,(H,18,19,20,21). The zero-order valence-electron chi connectivity index (χ0n) is 14.1. The molecule has 1 aromatic carbocycles. The third-order valence-electron chi connectivity index (χ3n) is 4.60. The molecule has 6 heteroatoms. The molecule has 1 aliphatic heterocycles. The van der Waals surface area contributed by atoms with Gasteiger partial charge < -0.3 is 9.80 Å². The van der Waals surface area contributed by atoms with Gasteiger partial charge in [0.05, 0.1) is 0 Å². The minimum Gasteiger partial charge on any atom is -0.303 e. The van der Waals surface area contributed by atoms with Gasteiger partial charge in [0, 0.05) is 25.2 Å². The zero-order valence-corrected chi connectivity index (χ0v) is 14.1. The maximum absolute atomic E-state index is 4.05. The van der Waals surface area contributed by atoms with Gasteiger partial charge in [-0.25, -0.2) is 0 Å². The van der Waals surface area contributed by atoms with E-state index in [0.29, 0.717) is 5.82 Å². The molecular weight excluding hydrogens is 288 g/mol. The second-order valence-corrected chi connectivity index (χ2v) is 6.53.